The van der Waals surface area contributed by atoms with E-state index >= 15 is 0 Å². The lowest BCUT2D eigenvalue weighted by Crippen LogP contribution is -2.40. The third-order valence-electron chi connectivity index (χ3n) is 4.19. The molecule has 1 heterocycles. The van der Waals surface area contributed by atoms with Gasteiger partial charge < -0.3 is 20.1 Å². The van der Waals surface area contributed by atoms with Crippen LogP contribution in [0.1, 0.15) is 29.3 Å². The molecule has 0 amide bonds. The van der Waals surface area contributed by atoms with Gasteiger partial charge in [0.25, 0.3) is 0 Å². The van der Waals surface area contributed by atoms with Gasteiger partial charge in [-0.1, -0.05) is 12.1 Å². The van der Waals surface area contributed by atoms with E-state index in [1.54, 1.807) is 12.1 Å². The molecule has 144 valence electrons. The predicted molar refractivity (Wildman–Crippen MR) is 102 cm³/mol. The van der Waals surface area contributed by atoms with Crippen LogP contribution in [0.15, 0.2) is 29.3 Å². The highest BCUT2D eigenvalue weighted by Crippen LogP contribution is 2.07. The molecule has 26 heavy (non-hydrogen) atoms. The van der Waals surface area contributed by atoms with Gasteiger partial charge in [0.2, 0.25) is 0 Å². The molecule has 0 aliphatic carbocycles. The number of ether oxygens (including phenoxy) is 2. The van der Waals surface area contributed by atoms with Crippen LogP contribution in [0, 0.1) is 0 Å². The number of esters is 1. The Morgan fingerprint density at radius 2 is 1.96 bits per heavy atom. The number of hydrogen-bond acceptors (Lipinski definition) is 5. The van der Waals surface area contributed by atoms with Gasteiger partial charge in [-0.15, -0.1) is 0 Å². The third-order valence-corrected chi connectivity index (χ3v) is 4.19. The van der Waals surface area contributed by atoms with E-state index in [1.807, 2.05) is 12.1 Å². The van der Waals surface area contributed by atoms with Crippen LogP contribution >= 0.6 is 0 Å². The van der Waals surface area contributed by atoms with Crippen molar-refractivity contribution in [1.29, 1.82) is 0 Å². The van der Waals surface area contributed by atoms with Gasteiger partial charge in [-0.2, -0.15) is 0 Å². The van der Waals surface area contributed by atoms with Crippen molar-refractivity contribution in [2.75, 3.05) is 53.0 Å². The lowest BCUT2D eigenvalue weighted by atomic mass is 10.1. The molecule has 2 rings (SSSR count). The number of guanidine groups is 1. The summed E-state index contributed by atoms with van der Waals surface area (Å²) in [5.74, 6) is 0.488. The molecule has 7 nitrogen and oxygen atoms in total. The number of hydrogen-bond donors (Lipinski definition) is 2. The number of morpholine rings is 1. The fourth-order valence-corrected chi connectivity index (χ4v) is 2.71. The van der Waals surface area contributed by atoms with Crippen molar-refractivity contribution >= 4 is 11.9 Å². The van der Waals surface area contributed by atoms with Crippen molar-refractivity contribution in [2.45, 2.75) is 19.9 Å². The average molecular weight is 362 g/mol. The number of rotatable bonds is 8. The Morgan fingerprint density at radius 1 is 1.23 bits per heavy atom. The van der Waals surface area contributed by atoms with Crippen molar-refractivity contribution in [2.24, 2.45) is 4.99 Å². The number of methoxy groups -OCH3 is 1. The minimum Gasteiger partial charge on any atom is -0.465 e. The summed E-state index contributed by atoms with van der Waals surface area (Å²) in [7, 11) is 1.38. The van der Waals surface area contributed by atoms with Crippen molar-refractivity contribution < 1.29 is 14.3 Å². The summed E-state index contributed by atoms with van der Waals surface area (Å²) in [6, 6.07) is 7.33. The largest absolute Gasteiger partial charge is 0.465 e. The number of benzene rings is 1. The minimum absolute atomic E-state index is 0.324. The highest BCUT2D eigenvalue weighted by atomic mass is 16.5. The number of carbonyl (C=O) groups is 1. The molecule has 0 saturated carbocycles. The summed E-state index contributed by atoms with van der Waals surface area (Å²) < 4.78 is 10.1. The monoisotopic (exact) mass is 362 g/mol. The molecule has 1 aliphatic heterocycles. The zero-order chi connectivity index (χ0) is 18.6. The Labute approximate surface area is 155 Å². The van der Waals surface area contributed by atoms with Crippen LogP contribution < -0.4 is 10.6 Å². The van der Waals surface area contributed by atoms with Gasteiger partial charge in [-0.3, -0.25) is 4.90 Å². The zero-order valence-electron chi connectivity index (χ0n) is 15.8. The third kappa shape index (κ3) is 7.01. The van der Waals surface area contributed by atoms with Crippen molar-refractivity contribution in [3.8, 4) is 0 Å². The molecule has 0 aromatic heterocycles. The maximum atomic E-state index is 11.5. The molecule has 1 saturated heterocycles. The first-order chi connectivity index (χ1) is 12.7. The first kappa shape index (κ1) is 20.2. The Balaban J connectivity index is 1.77. The second kappa shape index (κ2) is 11.5. The number of aliphatic imine (C=N–C) groups is 1. The van der Waals surface area contributed by atoms with Gasteiger partial charge in [0.05, 0.1) is 32.4 Å². The van der Waals surface area contributed by atoms with E-state index in [1.165, 1.54) is 7.11 Å². The molecule has 1 aromatic rings. The van der Waals surface area contributed by atoms with Gasteiger partial charge in [-0.05, 0) is 37.6 Å². The van der Waals surface area contributed by atoms with E-state index in [-0.39, 0.29) is 5.97 Å². The smallest absolute Gasteiger partial charge is 0.337 e. The van der Waals surface area contributed by atoms with Crippen LogP contribution in [0.2, 0.25) is 0 Å². The van der Waals surface area contributed by atoms with E-state index in [9.17, 15) is 4.79 Å². The van der Waals surface area contributed by atoms with Crippen molar-refractivity contribution in [3.63, 3.8) is 0 Å². The lowest BCUT2D eigenvalue weighted by molar-refractivity contribution is 0.0376. The summed E-state index contributed by atoms with van der Waals surface area (Å²) in [5.41, 5.74) is 1.59. The van der Waals surface area contributed by atoms with Crippen LogP contribution in [-0.2, 0) is 16.0 Å². The van der Waals surface area contributed by atoms with E-state index < -0.39 is 0 Å². The molecular weight excluding hydrogens is 332 g/mol. The molecule has 7 heteroatoms. The van der Waals surface area contributed by atoms with Gasteiger partial charge >= 0.3 is 5.97 Å². The fraction of sp³-hybridized carbons (Fsp3) is 0.579. The predicted octanol–water partition coefficient (Wildman–Crippen LogP) is 1.25. The molecule has 0 unspecified atom stereocenters. The van der Waals surface area contributed by atoms with E-state index in [0.717, 1.165) is 63.9 Å². The molecule has 1 aromatic carbocycles. The molecule has 1 fully saturated rings. The first-order valence-corrected chi connectivity index (χ1v) is 9.22. The molecular formula is C19H30N4O3. The summed E-state index contributed by atoms with van der Waals surface area (Å²) in [6.07, 6.45) is 1.07. The minimum atomic E-state index is -0.324. The summed E-state index contributed by atoms with van der Waals surface area (Å²) in [6.45, 7) is 9.10. The molecule has 0 radical (unpaired) electrons. The van der Waals surface area contributed by atoms with Crippen molar-refractivity contribution in [1.82, 2.24) is 15.5 Å². The van der Waals surface area contributed by atoms with Crippen LogP contribution in [0.5, 0.6) is 0 Å². The lowest BCUT2D eigenvalue weighted by Gasteiger charge is -2.26. The van der Waals surface area contributed by atoms with Crippen LogP contribution in [-0.4, -0.2) is 69.9 Å². The second-order valence-corrected chi connectivity index (χ2v) is 6.12. The number of nitrogens with one attached hydrogen (secondary N) is 2. The Kier molecular flexibility index (Phi) is 8.92. The summed E-state index contributed by atoms with van der Waals surface area (Å²) in [5, 5.41) is 6.64. The van der Waals surface area contributed by atoms with Crippen molar-refractivity contribution in [3.05, 3.63) is 35.4 Å². The van der Waals surface area contributed by atoms with E-state index in [4.69, 9.17) is 9.47 Å². The van der Waals surface area contributed by atoms with E-state index in [2.05, 4.69) is 27.4 Å². The van der Waals surface area contributed by atoms with Crippen LogP contribution in [0.4, 0.5) is 0 Å². The Morgan fingerprint density at radius 3 is 2.62 bits per heavy atom. The van der Waals surface area contributed by atoms with E-state index in [0.29, 0.717) is 12.1 Å². The second-order valence-electron chi connectivity index (χ2n) is 6.12. The molecule has 0 atom stereocenters. The highest BCUT2D eigenvalue weighted by Gasteiger charge is 2.09. The quantitative estimate of drug-likeness (QED) is 0.314. The topological polar surface area (TPSA) is 75.2 Å². The maximum absolute atomic E-state index is 11.5. The zero-order valence-corrected chi connectivity index (χ0v) is 15.8. The van der Waals surface area contributed by atoms with Crippen LogP contribution in [0.3, 0.4) is 0 Å². The number of carbonyl (C=O) groups excluding carboxylic acids is 1. The number of nitrogens with zero attached hydrogens (tertiary/aromatic N) is 2. The molecule has 2 N–H and O–H groups in total. The van der Waals surface area contributed by atoms with Crippen LogP contribution in [0.25, 0.3) is 0 Å². The van der Waals surface area contributed by atoms with Gasteiger partial charge in [-0.25, -0.2) is 9.79 Å². The normalized spacial score (nSPS) is 15.5. The molecule has 0 bridgehead atoms. The summed E-state index contributed by atoms with van der Waals surface area (Å²) in [4.78, 5) is 18.5. The van der Waals surface area contributed by atoms with Gasteiger partial charge in [0.1, 0.15) is 0 Å². The van der Waals surface area contributed by atoms with Gasteiger partial charge in [0.15, 0.2) is 5.96 Å². The highest BCUT2D eigenvalue weighted by molar-refractivity contribution is 5.89. The molecule has 1 aliphatic rings. The summed E-state index contributed by atoms with van der Waals surface area (Å²) >= 11 is 0. The van der Waals surface area contributed by atoms with Gasteiger partial charge in [0, 0.05) is 26.2 Å². The SMILES string of the molecule is CCNC(=NCc1ccc(C(=O)OC)cc1)NCCCN1CCOCC1. The Bertz CT molecular complexity index is 569. The fourth-order valence-electron chi connectivity index (χ4n) is 2.71. The Hall–Kier alpha value is -2.12. The maximum Gasteiger partial charge on any atom is 0.337 e. The molecule has 0 spiro atoms. The first-order valence-electron chi connectivity index (χ1n) is 9.22. The standard InChI is InChI=1S/C19H30N4O3/c1-3-20-19(21-9-4-10-23-11-13-26-14-12-23)22-15-16-5-7-17(8-6-16)18(24)25-2/h5-8H,3-4,9-15H2,1-2H3,(H2,20,21,22). The average Bonchev–Trinajstić information content (AvgIpc) is 2.70.